The van der Waals surface area contributed by atoms with Crippen LogP contribution in [0.4, 0.5) is 4.39 Å². The Morgan fingerprint density at radius 1 is 1.20 bits per heavy atom. The third-order valence-electron chi connectivity index (χ3n) is 5.05. The number of piperidine rings is 1. The van der Waals surface area contributed by atoms with E-state index in [4.69, 9.17) is 4.74 Å². The van der Waals surface area contributed by atoms with Crippen molar-refractivity contribution in [3.63, 3.8) is 0 Å². The first-order valence-electron chi connectivity index (χ1n) is 9.04. The number of likely N-dealkylation sites (tertiary alicyclic amines) is 1. The third kappa shape index (κ3) is 4.78. The molecule has 136 valence electrons. The van der Waals surface area contributed by atoms with Crippen molar-refractivity contribution in [2.24, 2.45) is 5.92 Å². The highest BCUT2D eigenvalue weighted by Gasteiger charge is 2.28. The van der Waals surface area contributed by atoms with Gasteiger partial charge in [0.2, 0.25) is 11.8 Å². The number of amides is 2. The molecule has 2 heterocycles. The molecule has 25 heavy (non-hydrogen) atoms. The summed E-state index contributed by atoms with van der Waals surface area (Å²) in [5, 5.41) is 2.97. The normalized spacial score (nSPS) is 21.3. The Balaban J connectivity index is 1.42. The molecule has 0 radical (unpaired) electrons. The van der Waals surface area contributed by atoms with Crippen LogP contribution in [0.3, 0.4) is 0 Å². The summed E-state index contributed by atoms with van der Waals surface area (Å²) in [4.78, 5) is 26.3. The minimum atomic E-state index is -0.348. The number of halogens is 1. The van der Waals surface area contributed by atoms with Gasteiger partial charge >= 0.3 is 0 Å². The fraction of sp³-hybridized carbons (Fsp3) is 0.579. The number of ether oxygens (including phenoxy) is 1. The maximum atomic E-state index is 13.7. The van der Waals surface area contributed by atoms with Gasteiger partial charge in [0.1, 0.15) is 5.82 Å². The lowest BCUT2D eigenvalue weighted by atomic mass is 9.95. The van der Waals surface area contributed by atoms with Crippen LogP contribution in [0.2, 0.25) is 0 Å². The minimum Gasteiger partial charge on any atom is -0.376 e. The Morgan fingerprint density at radius 2 is 1.96 bits per heavy atom. The van der Waals surface area contributed by atoms with Crippen molar-refractivity contribution in [1.82, 2.24) is 10.2 Å². The Kier molecular flexibility index (Phi) is 6.02. The molecule has 0 bridgehead atoms. The number of nitrogens with zero attached hydrogens (tertiary/aromatic N) is 1. The van der Waals surface area contributed by atoms with Gasteiger partial charge in [-0.25, -0.2) is 4.39 Å². The molecule has 1 aromatic rings. The monoisotopic (exact) mass is 348 g/mol. The smallest absolute Gasteiger partial charge is 0.227 e. The third-order valence-corrected chi connectivity index (χ3v) is 5.05. The number of rotatable bonds is 5. The van der Waals surface area contributed by atoms with Crippen LogP contribution in [0, 0.1) is 11.7 Å². The van der Waals surface area contributed by atoms with E-state index in [0.717, 1.165) is 19.4 Å². The summed E-state index contributed by atoms with van der Waals surface area (Å²) >= 11 is 0. The van der Waals surface area contributed by atoms with E-state index in [2.05, 4.69) is 5.32 Å². The van der Waals surface area contributed by atoms with Crippen LogP contribution in [0.25, 0.3) is 0 Å². The summed E-state index contributed by atoms with van der Waals surface area (Å²) in [6, 6.07) is 6.35. The standard InChI is InChI=1S/C19H25FN2O3/c20-17-6-2-1-4-15(17)12-18(23)22-9-7-14(8-10-22)19(24)21-13-16-5-3-11-25-16/h1-2,4,6,14,16H,3,5,7-13H2,(H,21,24). The number of benzene rings is 1. The summed E-state index contributed by atoms with van der Waals surface area (Å²) in [7, 11) is 0. The zero-order valence-corrected chi connectivity index (χ0v) is 14.4. The zero-order valence-electron chi connectivity index (χ0n) is 14.4. The van der Waals surface area contributed by atoms with Crippen LogP contribution >= 0.6 is 0 Å². The predicted octanol–water partition coefficient (Wildman–Crippen LogP) is 1.90. The molecule has 0 aliphatic carbocycles. The van der Waals surface area contributed by atoms with Crippen molar-refractivity contribution >= 4 is 11.8 Å². The molecular weight excluding hydrogens is 323 g/mol. The second-order valence-electron chi connectivity index (χ2n) is 6.80. The molecule has 2 amide bonds. The summed E-state index contributed by atoms with van der Waals surface area (Å²) in [5.41, 5.74) is 0.420. The lowest BCUT2D eigenvalue weighted by molar-refractivity contribution is -0.135. The van der Waals surface area contributed by atoms with Crippen molar-refractivity contribution in [3.05, 3.63) is 35.6 Å². The van der Waals surface area contributed by atoms with Gasteiger partial charge in [-0.1, -0.05) is 18.2 Å². The Morgan fingerprint density at radius 3 is 2.64 bits per heavy atom. The molecule has 1 atom stereocenters. The Labute approximate surface area is 147 Å². The van der Waals surface area contributed by atoms with Gasteiger partial charge in [-0.3, -0.25) is 9.59 Å². The first-order chi connectivity index (χ1) is 12.1. The molecule has 6 heteroatoms. The van der Waals surface area contributed by atoms with Gasteiger partial charge in [0.05, 0.1) is 12.5 Å². The lowest BCUT2D eigenvalue weighted by Crippen LogP contribution is -2.44. The van der Waals surface area contributed by atoms with Crippen molar-refractivity contribution in [3.8, 4) is 0 Å². The molecule has 0 aromatic heterocycles. The average Bonchev–Trinajstić information content (AvgIpc) is 3.15. The van der Waals surface area contributed by atoms with Gasteiger partial charge in [0.15, 0.2) is 0 Å². The first-order valence-corrected chi connectivity index (χ1v) is 9.04. The van der Waals surface area contributed by atoms with Gasteiger partial charge in [0.25, 0.3) is 0 Å². The van der Waals surface area contributed by atoms with E-state index in [-0.39, 0.29) is 36.1 Å². The molecule has 2 fully saturated rings. The van der Waals surface area contributed by atoms with Gasteiger partial charge in [-0.2, -0.15) is 0 Å². The van der Waals surface area contributed by atoms with E-state index in [9.17, 15) is 14.0 Å². The van der Waals surface area contributed by atoms with E-state index >= 15 is 0 Å². The summed E-state index contributed by atoms with van der Waals surface area (Å²) in [5.74, 6) is -0.432. The highest BCUT2D eigenvalue weighted by Crippen LogP contribution is 2.19. The van der Waals surface area contributed by atoms with Gasteiger partial charge in [0, 0.05) is 32.2 Å². The fourth-order valence-electron chi connectivity index (χ4n) is 3.47. The van der Waals surface area contributed by atoms with Crippen molar-refractivity contribution < 1.29 is 18.7 Å². The van der Waals surface area contributed by atoms with Crippen LogP contribution in [0.5, 0.6) is 0 Å². The highest BCUT2D eigenvalue weighted by molar-refractivity contribution is 5.81. The largest absolute Gasteiger partial charge is 0.376 e. The van der Waals surface area contributed by atoms with E-state index in [1.54, 1.807) is 23.1 Å². The quantitative estimate of drug-likeness (QED) is 0.884. The van der Waals surface area contributed by atoms with E-state index in [1.165, 1.54) is 6.07 Å². The van der Waals surface area contributed by atoms with Crippen LogP contribution in [0.1, 0.15) is 31.2 Å². The van der Waals surface area contributed by atoms with Gasteiger partial charge < -0.3 is 15.0 Å². The summed E-state index contributed by atoms with van der Waals surface area (Å²) < 4.78 is 19.2. The number of hydrogen-bond acceptors (Lipinski definition) is 3. The molecule has 5 nitrogen and oxygen atoms in total. The molecule has 0 saturated carbocycles. The Bertz CT molecular complexity index is 608. The minimum absolute atomic E-state index is 0.0525. The number of carbonyl (C=O) groups is 2. The van der Waals surface area contributed by atoms with Crippen molar-refractivity contribution in [2.45, 2.75) is 38.2 Å². The number of nitrogens with one attached hydrogen (secondary N) is 1. The number of carbonyl (C=O) groups excluding carboxylic acids is 2. The zero-order chi connectivity index (χ0) is 17.6. The molecule has 2 aliphatic heterocycles. The highest BCUT2D eigenvalue weighted by atomic mass is 19.1. The molecule has 2 aliphatic rings. The summed E-state index contributed by atoms with van der Waals surface area (Å²) in [6.07, 6.45) is 3.58. The van der Waals surface area contributed by atoms with Crippen LogP contribution < -0.4 is 5.32 Å². The molecule has 1 aromatic carbocycles. The van der Waals surface area contributed by atoms with Crippen LogP contribution in [0.15, 0.2) is 24.3 Å². The lowest BCUT2D eigenvalue weighted by Gasteiger charge is -2.31. The van der Waals surface area contributed by atoms with Crippen LogP contribution in [-0.2, 0) is 20.7 Å². The number of hydrogen-bond donors (Lipinski definition) is 1. The molecule has 1 N–H and O–H groups in total. The summed E-state index contributed by atoms with van der Waals surface area (Å²) in [6.45, 7) is 2.45. The molecule has 2 saturated heterocycles. The Hall–Kier alpha value is -1.95. The molecule has 0 spiro atoms. The SMILES string of the molecule is O=C(NCC1CCCO1)C1CCN(C(=O)Cc2ccccc2F)CC1. The van der Waals surface area contributed by atoms with E-state index < -0.39 is 0 Å². The van der Waals surface area contributed by atoms with Gasteiger partial charge in [-0.15, -0.1) is 0 Å². The molecule has 3 rings (SSSR count). The van der Waals surface area contributed by atoms with Crippen molar-refractivity contribution in [2.75, 3.05) is 26.2 Å². The topological polar surface area (TPSA) is 58.6 Å². The van der Waals surface area contributed by atoms with Crippen LogP contribution in [-0.4, -0.2) is 49.1 Å². The molecule has 1 unspecified atom stereocenters. The second kappa shape index (κ2) is 8.43. The van der Waals surface area contributed by atoms with Crippen molar-refractivity contribution in [1.29, 1.82) is 0 Å². The van der Waals surface area contributed by atoms with E-state index in [0.29, 0.717) is 38.0 Å². The average molecular weight is 348 g/mol. The maximum absolute atomic E-state index is 13.7. The molecular formula is C19H25FN2O3. The first kappa shape index (κ1) is 17.9. The maximum Gasteiger partial charge on any atom is 0.227 e. The predicted molar refractivity (Wildman–Crippen MR) is 91.4 cm³/mol. The second-order valence-corrected chi connectivity index (χ2v) is 6.80. The fourth-order valence-corrected chi connectivity index (χ4v) is 3.47. The van der Waals surface area contributed by atoms with E-state index in [1.807, 2.05) is 0 Å². The van der Waals surface area contributed by atoms with Gasteiger partial charge in [-0.05, 0) is 37.3 Å².